The monoisotopic (exact) mass is 498 g/mol. The van der Waals surface area contributed by atoms with Gasteiger partial charge in [-0.15, -0.1) is 0 Å². The Morgan fingerprint density at radius 3 is 2.56 bits per heavy atom. The predicted octanol–water partition coefficient (Wildman–Crippen LogP) is 3.78. The van der Waals surface area contributed by atoms with Crippen LogP contribution < -0.4 is 25.4 Å². The van der Waals surface area contributed by atoms with Crippen molar-refractivity contribution in [1.29, 1.82) is 5.41 Å². The lowest BCUT2D eigenvalue weighted by molar-refractivity contribution is 0.120. The van der Waals surface area contributed by atoms with Crippen molar-refractivity contribution in [2.24, 2.45) is 5.41 Å². The first-order valence-electron chi connectivity index (χ1n) is 10.8. The van der Waals surface area contributed by atoms with Gasteiger partial charge in [-0.2, -0.15) is 0 Å². The molecule has 176 valence electrons. The van der Waals surface area contributed by atoms with Crippen molar-refractivity contribution in [3.05, 3.63) is 69.6 Å². The van der Waals surface area contributed by atoms with Gasteiger partial charge in [-0.1, -0.05) is 23.2 Å². The highest BCUT2D eigenvalue weighted by atomic mass is 35.5. The summed E-state index contributed by atoms with van der Waals surface area (Å²) in [5, 5.41) is 13.0. The van der Waals surface area contributed by atoms with Gasteiger partial charge >= 0.3 is 0 Å². The topological polar surface area (TPSA) is 109 Å². The van der Waals surface area contributed by atoms with Crippen LogP contribution in [0.1, 0.15) is 16.7 Å². The van der Waals surface area contributed by atoms with E-state index >= 15 is 0 Å². The third-order valence-corrected chi connectivity index (χ3v) is 6.97. The molecule has 2 aliphatic rings. The highest BCUT2D eigenvalue weighted by Gasteiger charge is 2.48. The Morgan fingerprint density at radius 2 is 1.91 bits per heavy atom. The molecule has 0 saturated carbocycles. The van der Waals surface area contributed by atoms with Gasteiger partial charge in [0.25, 0.3) is 0 Å². The fraction of sp³-hybridized carbons (Fsp3) is 0.292. The van der Waals surface area contributed by atoms with Crippen molar-refractivity contribution in [3.8, 4) is 11.5 Å². The summed E-state index contributed by atoms with van der Waals surface area (Å²) in [6.07, 6.45) is 4.72. The number of hydrogen-bond donors (Lipinski definition) is 3. The average Bonchev–Trinajstić information content (AvgIpc) is 2.77. The highest BCUT2D eigenvalue weighted by Crippen LogP contribution is 2.40. The summed E-state index contributed by atoms with van der Waals surface area (Å²) in [5.41, 5.74) is 9.03. The zero-order chi connectivity index (χ0) is 23.9. The van der Waals surface area contributed by atoms with Crippen LogP contribution in [0.2, 0.25) is 10.0 Å². The molecular formula is C24H24Cl2N6O2. The van der Waals surface area contributed by atoms with Crippen LogP contribution in [0.5, 0.6) is 11.5 Å². The maximum absolute atomic E-state index is 8.78. The van der Waals surface area contributed by atoms with E-state index in [0.717, 1.165) is 32.0 Å². The molecule has 3 aromatic rings. The van der Waals surface area contributed by atoms with E-state index < -0.39 is 0 Å². The summed E-state index contributed by atoms with van der Waals surface area (Å²) in [4.78, 5) is 10.8. The van der Waals surface area contributed by atoms with Crippen LogP contribution >= 0.6 is 23.2 Å². The first-order chi connectivity index (χ1) is 16.4. The van der Waals surface area contributed by atoms with E-state index in [4.69, 9.17) is 43.8 Å². The number of halogens is 2. The number of nitrogens with zero attached hydrogens (tertiary/aromatic N) is 3. The van der Waals surface area contributed by atoms with Crippen LogP contribution in [-0.2, 0) is 6.61 Å². The number of hydrogen-bond acceptors (Lipinski definition) is 8. The molecule has 4 heterocycles. The fourth-order valence-corrected chi connectivity index (χ4v) is 4.78. The molecule has 2 aromatic heterocycles. The average molecular weight is 499 g/mol. The van der Waals surface area contributed by atoms with Gasteiger partial charge in [0.2, 0.25) is 0 Å². The number of benzene rings is 1. The van der Waals surface area contributed by atoms with Crippen LogP contribution in [0.25, 0.3) is 0 Å². The maximum Gasteiger partial charge on any atom is 0.171 e. The molecule has 34 heavy (non-hydrogen) atoms. The number of methoxy groups -OCH3 is 1. The summed E-state index contributed by atoms with van der Waals surface area (Å²) in [7, 11) is 1.62. The lowest BCUT2D eigenvalue weighted by Crippen LogP contribution is -2.71. The summed E-state index contributed by atoms with van der Waals surface area (Å²) in [6.45, 7) is 4.17. The molecule has 10 heteroatoms. The normalized spacial score (nSPS) is 16.0. The molecule has 8 nitrogen and oxygen atoms in total. The van der Waals surface area contributed by atoms with E-state index in [9.17, 15) is 0 Å². The zero-order valence-electron chi connectivity index (χ0n) is 18.6. The number of aromatic nitrogens is 2. The van der Waals surface area contributed by atoms with Gasteiger partial charge in [0.15, 0.2) is 11.6 Å². The minimum Gasteiger partial charge on any atom is -0.493 e. The van der Waals surface area contributed by atoms with Gasteiger partial charge in [0, 0.05) is 72.6 Å². The van der Waals surface area contributed by atoms with E-state index in [-0.39, 0.29) is 12.3 Å². The van der Waals surface area contributed by atoms with Crippen LogP contribution in [0.15, 0.2) is 42.9 Å². The largest absolute Gasteiger partial charge is 0.493 e. The lowest BCUT2D eigenvalue weighted by Gasteiger charge is -2.56. The van der Waals surface area contributed by atoms with Gasteiger partial charge in [-0.3, -0.25) is 10.4 Å². The number of nitrogens with two attached hydrogens (primary N) is 1. The molecule has 0 unspecified atom stereocenters. The number of anilines is 2. The van der Waals surface area contributed by atoms with E-state index in [1.807, 2.05) is 6.07 Å². The van der Waals surface area contributed by atoms with Crippen LogP contribution in [0.3, 0.4) is 0 Å². The molecule has 0 bridgehead atoms. The molecule has 0 amide bonds. The van der Waals surface area contributed by atoms with Gasteiger partial charge in [-0.05, 0) is 24.3 Å². The van der Waals surface area contributed by atoms with Gasteiger partial charge in [0.05, 0.1) is 22.9 Å². The summed E-state index contributed by atoms with van der Waals surface area (Å²) in [6, 6.07) is 7.01. The van der Waals surface area contributed by atoms with Crippen molar-refractivity contribution in [2.45, 2.75) is 6.61 Å². The third kappa shape index (κ3) is 4.13. The molecule has 4 N–H and O–H groups in total. The summed E-state index contributed by atoms with van der Waals surface area (Å²) < 4.78 is 11.5. The summed E-state index contributed by atoms with van der Waals surface area (Å²) in [5.74, 6) is 1.97. The third-order valence-electron chi connectivity index (χ3n) is 6.32. The number of pyridine rings is 2. The number of rotatable bonds is 7. The van der Waals surface area contributed by atoms with Crippen molar-refractivity contribution in [3.63, 3.8) is 0 Å². The first-order valence-corrected chi connectivity index (χ1v) is 11.5. The van der Waals surface area contributed by atoms with Gasteiger partial charge in [0.1, 0.15) is 12.4 Å². The fourth-order valence-electron chi connectivity index (χ4n) is 4.31. The Hall–Kier alpha value is -3.07. The Labute approximate surface area is 207 Å². The molecular weight excluding hydrogens is 475 g/mol. The first kappa shape index (κ1) is 22.7. The molecule has 1 spiro atoms. The Bertz CT molecular complexity index is 1240. The second-order valence-electron chi connectivity index (χ2n) is 8.70. The van der Waals surface area contributed by atoms with E-state index in [0.29, 0.717) is 49.3 Å². The highest BCUT2D eigenvalue weighted by molar-refractivity contribution is 6.35. The quantitative estimate of drug-likeness (QED) is 0.335. The molecule has 5 rings (SSSR count). The molecule has 2 fully saturated rings. The van der Waals surface area contributed by atoms with Crippen LogP contribution in [-0.4, -0.2) is 49.0 Å². The van der Waals surface area contributed by atoms with Crippen LogP contribution in [0.4, 0.5) is 11.5 Å². The molecule has 2 saturated heterocycles. The van der Waals surface area contributed by atoms with Crippen molar-refractivity contribution < 1.29 is 9.47 Å². The van der Waals surface area contributed by atoms with E-state index in [2.05, 4.69) is 20.2 Å². The second kappa shape index (κ2) is 8.94. The molecule has 0 radical (unpaired) electrons. The molecule has 2 aliphatic heterocycles. The minimum atomic E-state index is 0.161. The number of ether oxygens (including phenoxy) is 2. The van der Waals surface area contributed by atoms with Crippen LogP contribution in [0, 0.1) is 10.8 Å². The van der Waals surface area contributed by atoms with Crippen molar-refractivity contribution >= 4 is 40.4 Å². The van der Waals surface area contributed by atoms with Crippen molar-refractivity contribution in [2.75, 3.05) is 43.9 Å². The number of nitrogens with one attached hydrogen (secondary N) is 2. The Balaban J connectivity index is 1.34. The molecule has 1 aromatic carbocycles. The lowest BCUT2D eigenvalue weighted by atomic mass is 9.74. The second-order valence-corrected chi connectivity index (χ2v) is 9.52. The van der Waals surface area contributed by atoms with Crippen molar-refractivity contribution in [1.82, 2.24) is 15.3 Å². The maximum atomic E-state index is 8.78. The van der Waals surface area contributed by atoms with E-state index in [1.54, 1.807) is 31.5 Å². The van der Waals surface area contributed by atoms with E-state index in [1.165, 1.54) is 12.4 Å². The standard InChI is InChI=1S/C24H24Cl2N6O2/c1-33-21-4-14(6-31-23(21)32-12-24(13-32)10-30-11-24)22(28)16-5-15(2-3-20(16)27)34-9-17-18(25)7-29-8-19(17)26/h2-8,28,30H,9-13,27H2,1H3. The van der Waals surface area contributed by atoms with Gasteiger partial charge in [-0.25, -0.2) is 4.98 Å². The molecule has 0 aliphatic carbocycles. The smallest absolute Gasteiger partial charge is 0.171 e. The SMILES string of the molecule is COc1cc(C(=N)c2cc(OCc3c(Cl)cncc3Cl)ccc2N)cnc1N1CC2(CNC2)C1. The Kier molecular flexibility index (Phi) is 5.97. The number of nitrogen functional groups attached to an aromatic ring is 1. The predicted molar refractivity (Wildman–Crippen MR) is 134 cm³/mol. The molecule has 0 atom stereocenters. The van der Waals surface area contributed by atoms with Gasteiger partial charge < -0.3 is 25.4 Å². The Morgan fingerprint density at radius 1 is 1.18 bits per heavy atom. The minimum absolute atomic E-state index is 0.161. The zero-order valence-corrected chi connectivity index (χ0v) is 20.1. The summed E-state index contributed by atoms with van der Waals surface area (Å²) >= 11 is 12.4.